The summed E-state index contributed by atoms with van der Waals surface area (Å²) in [6.07, 6.45) is 4.73. The van der Waals surface area contributed by atoms with Gasteiger partial charge in [0.25, 0.3) is 5.91 Å². The molecule has 2 atom stereocenters. The minimum Gasteiger partial charge on any atom is -0.349 e. The summed E-state index contributed by atoms with van der Waals surface area (Å²) in [7, 11) is 0. The molecular formula is C18H24N2O. The number of aryl methyl sites for hydroxylation is 1. The highest BCUT2D eigenvalue weighted by molar-refractivity contribution is 5.97. The molecule has 3 nitrogen and oxygen atoms in total. The lowest BCUT2D eigenvalue weighted by Gasteiger charge is -2.29. The second-order valence-corrected chi connectivity index (χ2v) is 5.90. The van der Waals surface area contributed by atoms with Gasteiger partial charge in [-0.1, -0.05) is 43.2 Å². The molecule has 1 aromatic carbocycles. The molecule has 1 fully saturated rings. The van der Waals surface area contributed by atoms with Gasteiger partial charge in [-0.05, 0) is 37.8 Å². The number of carbonyl (C=O) groups excluding carboxylic acids is 1. The summed E-state index contributed by atoms with van der Waals surface area (Å²) in [6, 6.07) is 6.06. The van der Waals surface area contributed by atoms with Crippen LogP contribution < -0.4 is 11.1 Å². The first-order valence-electron chi connectivity index (χ1n) is 7.72. The molecule has 0 radical (unpaired) electrons. The highest BCUT2D eigenvalue weighted by Crippen LogP contribution is 2.24. The molecule has 1 aliphatic carbocycles. The third-order valence-corrected chi connectivity index (χ3v) is 4.17. The molecule has 1 aromatic rings. The molecule has 0 heterocycles. The Balaban J connectivity index is 2.19. The van der Waals surface area contributed by atoms with Gasteiger partial charge in [0.2, 0.25) is 0 Å². The number of rotatable bonds is 2. The standard InChI is InChI=1S/C18H24N2O/c1-13-9-10-15(7-5-11-19)16(12-13)18(21)20-17-8-4-3-6-14(17)2/h9-10,12,14,17H,3-4,6,8,11,19H2,1-2H3,(H,20,21). The Kier molecular flexibility index (Phi) is 5.41. The topological polar surface area (TPSA) is 55.1 Å². The van der Waals surface area contributed by atoms with Gasteiger partial charge in [-0.3, -0.25) is 4.79 Å². The van der Waals surface area contributed by atoms with E-state index in [1.807, 2.05) is 25.1 Å². The number of benzene rings is 1. The normalized spacial score (nSPS) is 21.3. The quantitative estimate of drug-likeness (QED) is 0.820. The van der Waals surface area contributed by atoms with Crippen LogP contribution in [-0.2, 0) is 0 Å². The summed E-state index contributed by atoms with van der Waals surface area (Å²) in [6.45, 7) is 4.50. The summed E-state index contributed by atoms with van der Waals surface area (Å²) >= 11 is 0. The minimum absolute atomic E-state index is 0.0150. The van der Waals surface area contributed by atoms with E-state index in [9.17, 15) is 4.79 Å². The molecule has 0 bridgehead atoms. The maximum absolute atomic E-state index is 12.6. The number of amides is 1. The van der Waals surface area contributed by atoms with Crippen LogP contribution in [-0.4, -0.2) is 18.5 Å². The maximum Gasteiger partial charge on any atom is 0.252 e. The summed E-state index contributed by atoms with van der Waals surface area (Å²) in [4.78, 5) is 12.6. The fourth-order valence-electron chi connectivity index (χ4n) is 2.88. The first-order valence-corrected chi connectivity index (χ1v) is 7.72. The lowest BCUT2D eigenvalue weighted by atomic mass is 9.85. The Morgan fingerprint density at radius 2 is 2.14 bits per heavy atom. The lowest BCUT2D eigenvalue weighted by Crippen LogP contribution is -2.41. The van der Waals surface area contributed by atoms with E-state index in [1.165, 1.54) is 19.3 Å². The van der Waals surface area contributed by atoms with Gasteiger partial charge in [-0.15, -0.1) is 0 Å². The lowest BCUT2D eigenvalue weighted by molar-refractivity contribution is 0.0910. The van der Waals surface area contributed by atoms with Crippen LogP contribution in [0.4, 0.5) is 0 Å². The fourth-order valence-corrected chi connectivity index (χ4v) is 2.88. The minimum atomic E-state index is -0.0150. The molecule has 1 aliphatic rings. The van der Waals surface area contributed by atoms with Crippen molar-refractivity contribution >= 4 is 5.91 Å². The Morgan fingerprint density at radius 3 is 2.86 bits per heavy atom. The molecule has 0 aromatic heterocycles. The second kappa shape index (κ2) is 7.28. The van der Waals surface area contributed by atoms with E-state index >= 15 is 0 Å². The number of nitrogens with one attached hydrogen (secondary N) is 1. The van der Waals surface area contributed by atoms with Crippen molar-refractivity contribution in [3.05, 3.63) is 34.9 Å². The average Bonchev–Trinajstić information content (AvgIpc) is 2.48. The molecule has 3 heteroatoms. The summed E-state index contributed by atoms with van der Waals surface area (Å²) in [5.41, 5.74) is 7.91. The zero-order valence-corrected chi connectivity index (χ0v) is 12.9. The predicted molar refractivity (Wildman–Crippen MR) is 86.0 cm³/mol. The monoisotopic (exact) mass is 284 g/mol. The molecule has 1 saturated carbocycles. The predicted octanol–water partition coefficient (Wildman–Crippen LogP) is 2.61. The van der Waals surface area contributed by atoms with Crippen LogP contribution in [0.3, 0.4) is 0 Å². The zero-order valence-electron chi connectivity index (χ0n) is 12.9. The van der Waals surface area contributed by atoms with Crippen molar-refractivity contribution < 1.29 is 4.79 Å². The van der Waals surface area contributed by atoms with Gasteiger partial charge in [0.1, 0.15) is 0 Å². The number of hydrogen-bond acceptors (Lipinski definition) is 2. The van der Waals surface area contributed by atoms with Gasteiger partial charge in [0.15, 0.2) is 0 Å². The largest absolute Gasteiger partial charge is 0.349 e. The van der Waals surface area contributed by atoms with Gasteiger partial charge < -0.3 is 11.1 Å². The average molecular weight is 284 g/mol. The van der Waals surface area contributed by atoms with Crippen LogP contribution in [0.15, 0.2) is 18.2 Å². The molecule has 0 saturated heterocycles. The fraction of sp³-hybridized carbons (Fsp3) is 0.500. The van der Waals surface area contributed by atoms with Crippen LogP contribution in [0.5, 0.6) is 0 Å². The highest BCUT2D eigenvalue weighted by atomic mass is 16.1. The van der Waals surface area contributed by atoms with Crippen molar-refractivity contribution in [1.82, 2.24) is 5.32 Å². The molecule has 0 aliphatic heterocycles. The Labute approximate surface area is 127 Å². The van der Waals surface area contributed by atoms with E-state index in [0.29, 0.717) is 18.0 Å². The van der Waals surface area contributed by atoms with Crippen molar-refractivity contribution in [2.45, 2.75) is 45.6 Å². The van der Waals surface area contributed by atoms with E-state index in [4.69, 9.17) is 5.73 Å². The molecule has 1 amide bonds. The third-order valence-electron chi connectivity index (χ3n) is 4.17. The van der Waals surface area contributed by atoms with Gasteiger partial charge in [-0.25, -0.2) is 0 Å². The highest BCUT2D eigenvalue weighted by Gasteiger charge is 2.23. The summed E-state index contributed by atoms with van der Waals surface area (Å²) < 4.78 is 0. The molecule has 21 heavy (non-hydrogen) atoms. The van der Waals surface area contributed by atoms with E-state index in [2.05, 4.69) is 24.1 Å². The van der Waals surface area contributed by atoms with Crippen LogP contribution in [0.2, 0.25) is 0 Å². The zero-order chi connectivity index (χ0) is 15.2. The van der Waals surface area contributed by atoms with Crippen LogP contribution >= 0.6 is 0 Å². The van der Waals surface area contributed by atoms with Gasteiger partial charge in [0, 0.05) is 11.6 Å². The van der Waals surface area contributed by atoms with Crippen LogP contribution in [0, 0.1) is 24.7 Å². The molecule has 2 rings (SSSR count). The molecule has 112 valence electrons. The van der Waals surface area contributed by atoms with E-state index in [-0.39, 0.29) is 11.9 Å². The van der Waals surface area contributed by atoms with Crippen molar-refractivity contribution in [2.24, 2.45) is 11.7 Å². The first kappa shape index (κ1) is 15.6. The number of nitrogens with two attached hydrogens (primary N) is 1. The molecule has 0 spiro atoms. The Morgan fingerprint density at radius 1 is 1.38 bits per heavy atom. The second-order valence-electron chi connectivity index (χ2n) is 5.90. The van der Waals surface area contributed by atoms with Gasteiger partial charge in [0.05, 0.1) is 12.1 Å². The van der Waals surface area contributed by atoms with Crippen molar-refractivity contribution in [3.8, 4) is 11.8 Å². The SMILES string of the molecule is Cc1ccc(C#CCN)c(C(=O)NC2CCCCC2C)c1. The first-order chi connectivity index (χ1) is 10.1. The summed E-state index contributed by atoms with van der Waals surface area (Å²) in [5.74, 6) is 6.36. The Bertz CT molecular complexity index is 568. The third kappa shape index (κ3) is 4.09. The smallest absolute Gasteiger partial charge is 0.252 e. The van der Waals surface area contributed by atoms with Crippen LogP contribution in [0.25, 0.3) is 0 Å². The molecular weight excluding hydrogens is 260 g/mol. The van der Waals surface area contributed by atoms with E-state index < -0.39 is 0 Å². The van der Waals surface area contributed by atoms with Crippen LogP contribution in [0.1, 0.15) is 54.1 Å². The molecule has 2 unspecified atom stereocenters. The van der Waals surface area contributed by atoms with E-state index in [0.717, 1.165) is 17.5 Å². The van der Waals surface area contributed by atoms with Crippen molar-refractivity contribution in [3.63, 3.8) is 0 Å². The Hall–Kier alpha value is -1.79. The van der Waals surface area contributed by atoms with Crippen molar-refractivity contribution in [2.75, 3.05) is 6.54 Å². The van der Waals surface area contributed by atoms with E-state index in [1.54, 1.807) is 0 Å². The van der Waals surface area contributed by atoms with Crippen molar-refractivity contribution in [1.29, 1.82) is 0 Å². The maximum atomic E-state index is 12.6. The van der Waals surface area contributed by atoms with Gasteiger partial charge in [-0.2, -0.15) is 0 Å². The summed E-state index contributed by atoms with van der Waals surface area (Å²) in [5, 5.41) is 3.19. The van der Waals surface area contributed by atoms with Gasteiger partial charge >= 0.3 is 0 Å². The number of carbonyl (C=O) groups is 1. The molecule has 3 N–H and O–H groups in total. The number of hydrogen-bond donors (Lipinski definition) is 2.